The van der Waals surface area contributed by atoms with Gasteiger partial charge in [0.05, 0.1) is 18.2 Å². The minimum absolute atomic E-state index is 0.0180. The number of ketones is 1. The van der Waals surface area contributed by atoms with Crippen LogP contribution in [0.15, 0.2) is 12.3 Å². The SMILES string of the molecule is O=C(Cc1ccn(CC(F)(F)F)n1)[C@@H]1C[C@H]2C[C@H]2N1. The molecule has 2 fully saturated rings. The monoisotopic (exact) mass is 273 g/mol. The van der Waals surface area contributed by atoms with Crippen molar-refractivity contribution in [2.75, 3.05) is 0 Å². The molecule has 0 spiro atoms. The number of nitrogens with zero attached hydrogens (tertiary/aromatic N) is 2. The highest BCUT2D eigenvalue weighted by molar-refractivity contribution is 5.86. The quantitative estimate of drug-likeness (QED) is 0.899. The van der Waals surface area contributed by atoms with Crippen LogP contribution in [0, 0.1) is 5.92 Å². The Kier molecular flexibility index (Phi) is 2.88. The Balaban J connectivity index is 1.56. The fourth-order valence-electron chi connectivity index (χ4n) is 2.64. The van der Waals surface area contributed by atoms with E-state index in [-0.39, 0.29) is 18.2 Å². The van der Waals surface area contributed by atoms with Gasteiger partial charge in [-0.25, -0.2) is 0 Å². The normalized spacial score (nSPS) is 29.3. The Hall–Kier alpha value is -1.37. The molecule has 4 nitrogen and oxygen atoms in total. The Morgan fingerprint density at radius 2 is 2.26 bits per heavy atom. The maximum absolute atomic E-state index is 12.2. The number of fused-ring (bicyclic) bond motifs is 1. The zero-order valence-corrected chi connectivity index (χ0v) is 10.2. The molecular formula is C12H14F3N3O. The van der Waals surface area contributed by atoms with E-state index < -0.39 is 12.7 Å². The van der Waals surface area contributed by atoms with E-state index in [1.54, 1.807) is 0 Å². The van der Waals surface area contributed by atoms with Crippen molar-refractivity contribution in [3.8, 4) is 0 Å². The van der Waals surface area contributed by atoms with Crippen LogP contribution in [-0.4, -0.2) is 33.8 Å². The van der Waals surface area contributed by atoms with E-state index in [1.807, 2.05) is 0 Å². The number of aromatic nitrogens is 2. The number of alkyl halides is 3. The first-order valence-corrected chi connectivity index (χ1v) is 6.28. The molecule has 2 aliphatic rings. The zero-order valence-electron chi connectivity index (χ0n) is 10.2. The number of piperidine rings is 1. The van der Waals surface area contributed by atoms with Crippen LogP contribution < -0.4 is 5.32 Å². The van der Waals surface area contributed by atoms with E-state index in [0.717, 1.165) is 17.5 Å². The van der Waals surface area contributed by atoms with Gasteiger partial charge in [-0.2, -0.15) is 18.3 Å². The van der Waals surface area contributed by atoms with E-state index in [0.29, 0.717) is 17.7 Å². The molecule has 0 unspecified atom stereocenters. The summed E-state index contributed by atoms with van der Waals surface area (Å²) < 4.78 is 37.3. The number of halogens is 3. The van der Waals surface area contributed by atoms with Crippen molar-refractivity contribution >= 4 is 5.78 Å². The number of nitrogens with one attached hydrogen (secondary N) is 1. The predicted molar refractivity (Wildman–Crippen MR) is 60.4 cm³/mol. The number of hydrogen-bond acceptors (Lipinski definition) is 3. The van der Waals surface area contributed by atoms with Gasteiger partial charge in [-0.3, -0.25) is 9.48 Å². The number of hydrogen-bond donors (Lipinski definition) is 1. The molecule has 3 atom stereocenters. The molecule has 19 heavy (non-hydrogen) atoms. The molecule has 1 aliphatic carbocycles. The molecule has 3 rings (SSSR count). The number of rotatable bonds is 4. The largest absolute Gasteiger partial charge is 0.408 e. The molecule has 0 amide bonds. The van der Waals surface area contributed by atoms with E-state index in [4.69, 9.17) is 0 Å². The summed E-state index contributed by atoms with van der Waals surface area (Å²) >= 11 is 0. The van der Waals surface area contributed by atoms with Crippen molar-refractivity contribution in [3.05, 3.63) is 18.0 Å². The van der Waals surface area contributed by atoms with Crippen LogP contribution in [0.4, 0.5) is 13.2 Å². The van der Waals surface area contributed by atoms with Crippen LogP contribution in [-0.2, 0) is 17.8 Å². The molecule has 1 aromatic rings. The van der Waals surface area contributed by atoms with Gasteiger partial charge in [0.2, 0.25) is 0 Å². The summed E-state index contributed by atoms with van der Waals surface area (Å²) in [5.74, 6) is 0.640. The van der Waals surface area contributed by atoms with Gasteiger partial charge in [0.15, 0.2) is 5.78 Å². The maximum Gasteiger partial charge on any atom is 0.408 e. The molecule has 0 bridgehead atoms. The van der Waals surface area contributed by atoms with Crippen molar-refractivity contribution in [1.29, 1.82) is 0 Å². The van der Waals surface area contributed by atoms with Crippen LogP contribution >= 0.6 is 0 Å². The third-order valence-corrected chi connectivity index (χ3v) is 3.66. The highest BCUT2D eigenvalue weighted by Crippen LogP contribution is 2.40. The fourth-order valence-corrected chi connectivity index (χ4v) is 2.64. The molecule has 1 N–H and O–H groups in total. The van der Waals surface area contributed by atoms with Gasteiger partial charge in [0.1, 0.15) is 6.54 Å². The lowest BCUT2D eigenvalue weighted by atomic mass is 10.0. The van der Waals surface area contributed by atoms with Gasteiger partial charge in [-0.15, -0.1) is 0 Å². The predicted octanol–water partition coefficient (Wildman–Crippen LogP) is 1.31. The highest BCUT2D eigenvalue weighted by atomic mass is 19.4. The average molecular weight is 273 g/mol. The molecule has 7 heteroatoms. The molecule has 0 radical (unpaired) electrons. The molecule has 0 aromatic carbocycles. The molecule has 1 aromatic heterocycles. The first-order chi connectivity index (χ1) is 8.90. The van der Waals surface area contributed by atoms with Crippen molar-refractivity contribution in [2.45, 2.75) is 44.1 Å². The Morgan fingerprint density at radius 3 is 2.89 bits per heavy atom. The Labute approximate surface area is 108 Å². The second-order valence-electron chi connectivity index (χ2n) is 5.32. The smallest absolute Gasteiger partial charge is 0.304 e. The molecular weight excluding hydrogens is 259 g/mol. The number of carbonyl (C=O) groups excluding carboxylic acids is 1. The van der Waals surface area contributed by atoms with Gasteiger partial charge in [0, 0.05) is 12.2 Å². The third kappa shape index (κ3) is 2.97. The summed E-state index contributed by atoms with van der Waals surface area (Å²) in [6.07, 6.45) is -0.935. The average Bonchev–Trinajstić information content (AvgIpc) is 2.71. The lowest BCUT2D eigenvalue weighted by molar-refractivity contribution is -0.142. The van der Waals surface area contributed by atoms with E-state index in [1.165, 1.54) is 12.3 Å². The van der Waals surface area contributed by atoms with Crippen molar-refractivity contribution in [1.82, 2.24) is 15.1 Å². The lowest BCUT2D eigenvalue weighted by Gasteiger charge is -2.10. The van der Waals surface area contributed by atoms with Gasteiger partial charge in [-0.1, -0.05) is 0 Å². The molecule has 1 aliphatic heterocycles. The molecule has 1 saturated heterocycles. The summed E-state index contributed by atoms with van der Waals surface area (Å²) in [5, 5.41) is 7.01. The summed E-state index contributed by atoms with van der Waals surface area (Å²) in [5.41, 5.74) is 0.400. The Morgan fingerprint density at radius 1 is 1.47 bits per heavy atom. The summed E-state index contributed by atoms with van der Waals surface area (Å²) in [6, 6.07) is 1.81. The molecule has 2 heterocycles. The lowest BCUT2D eigenvalue weighted by Crippen LogP contribution is -2.34. The fraction of sp³-hybridized carbons (Fsp3) is 0.667. The van der Waals surface area contributed by atoms with Crippen LogP contribution in [0.5, 0.6) is 0 Å². The second-order valence-corrected chi connectivity index (χ2v) is 5.32. The van der Waals surface area contributed by atoms with Gasteiger partial charge in [-0.05, 0) is 24.8 Å². The summed E-state index contributed by atoms with van der Waals surface area (Å²) in [6.45, 7) is -1.12. The second kappa shape index (κ2) is 4.33. The van der Waals surface area contributed by atoms with Crippen molar-refractivity contribution < 1.29 is 18.0 Å². The van der Waals surface area contributed by atoms with Gasteiger partial charge in [0.25, 0.3) is 0 Å². The van der Waals surface area contributed by atoms with Gasteiger partial charge < -0.3 is 5.32 Å². The molecule has 1 saturated carbocycles. The topological polar surface area (TPSA) is 46.9 Å². The van der Waals surface area contributed by atoms with Crippen molar-refractivity contribution in [2.24, 2.45) is 5.92 Å². The van der Waals surface area contributed by atoms with Crippen molar-refractivity contribution in [3.63, 3.8) is 0 Å². The zero-order chi connectivity index (χ0) is 13.6. The Bertz CT molecular complexity index is 487. The van der Waals surface area contributed by atoms with Gasteiger partial charge >= 0.3 is 6.18 Å². The third-order valence-electron chi connectivity index (χ3n) is 3.66. The van der Waals surface area contributed by atoms with E-state index in [2.05, 4.69) is 10.4 Å². The van der Waals surface area contributed by atoms with Crippen LogP contribution in [0.3, 0.4) is 0 Å². The minimum Gasteiger partial charge on any atom is -0.304 e. The van der Waals surface area contributed by atoms with Crippen LogP contribution in [0.1, 0.15) is 18.5 Å². The van der Waals surface area contributed by atoms with Crippen LogP contribution in [0.2, 0.25) is 0 Å². The maximum atomic E-state index is 12.2. The van der Waals surface area contributed by atoms with Crippen LogP contribution in [0.25, 0.3) is 0 Å². The first-order valence-electron chi connectivity index (χ1n) is 6.28. The standard InChI is InChI=1S/C12H14F3N3O/c13-12(14,15)6-18-2-1-8(17-18)5-11(19)10-4-7-3-9(7)16-10/h1-2,7,9-10,16H,3-6H2/t7-,9-,10+/m1/s1. The van der Waals surface area contributed by atoms with E-state index in [9.17, 15) is 18.0 Å². The molecule has 104 valence electrons. The first kappa shape index (κ1) is 12.7. The summed E-state index contributed by atoms with van der Waals surface area (Å²) in [4.78, 5) is 11.9. The summed E-state index contributed by atoms with van der Waals surface area (Å²) in [7, 11) is 0. The number of carbonyl (C=O) groups is 1. The minimum atomic E-state index is -4.29. The highest BCUT2D eigenvalue weighted by Gasteiger charge is 2.47. The van der Waals surface area contributed by atoms with E-state index >= 15 is 0 Å². The number of Topliss-reactive ketones (excluding diaryl/α,β-unsaturated/α-hetero) is 1.